The molecular weight excluding hydrogens is 242 g/mol. The van der Waals surface area contributed by atoms with Gasteiger partial charge >= 0.3 is 0 Å². The van der Waals surface area contributed by atoms with Crippen LogP contribution in [-0.2, 0) is 0 Å². The molecule has 0 amide bonds. The number of piperidine rings is 1. The molecular formula is C14H21N3S. The standard InChI is InChI=1S/C14H21N3S/c1-10-9-11(14(15)18)3-4-13(10)16-12-5-7-17(2)8-6-12/h3-4,9,12,16H,5-8H2,1-2H3,(H2,15,18). The summed E-state index contributed by atoms with van der Waals surface area (Å²) >= 11 is 4.99. The van der Waals surface area contributed by atoms with Crippen molar-refractivity contribution in [1.82, 2.24) is 4.90 Å². The van der Waals surface area contributed by atoms with Crippen LogP contribution in [0.3, 0.4) is 0 Å². The highest BCUT2D eigenvalue weighted by atomic mass is 32.1. The number of nitrogens with zero attached hydrogens (tertiary/aromatic N) is 1. The summed E-state index contributed by atoms with van der Waals surface area (Å²) in [5.74, 6) is 0. The van der Waals surface area contributed by atoms with E-state index in [0.717, 1.165) is 5.56 Å². The molecule has 0 saturated carbocycles. The predicted molar refractivity (Wildman–Crippen MR) is 81.2 cm³/mol. The van der Waals surface area contributed by atoms with Gasteiger partial charge in [-0.2, -0.15) is 0 Å². The molecule has 3 nitrogen and oxygen atoms in total. The van der Waals surface area contributed by atoms with Crippen molar-refractivity contribution in [3.05, 3.63) is 29.3 Å². The number of thiocarbonyl (C=S) groups is 1. The van der Waals surface area contributed by atoms with Crippen molar-refractivity contribution in [2.75, 3.05) is 25.5 Å². The van der Waals surface area contributed by atoms with E-state index in [1.807, 2.05) is 6.07 Å². The minimum Gasteiger partial charge on any atom is -0.389 e. The summed E-state index contributed by atoms with van der Waals surface area (Å²) in [6.07, 6.45) is 2.40. The molecule has 18 heavy (non-hydrogen) atoms. The molecule has 1 fully saturated rings. The van der Waals surface area contributed by atoms with Gasteiger partial charge in [-0.05, 0) is 63.7 Å². The minimum absolute atomic E-state index is 0.462. The zero-order chi connectivity index (χ0) is 13.1. The molecule has 0 radical (unpaired) electrons. The van der Waals surface area contributed by atoms with E-state index in [4.69, 9.17) is 18.0 Å². The van der Waals surface area contributed by atoms with Gasteiger partial charge in [-0.25, -0.2) is 0 Å². The van der Waals surface area contributed by atoms with E-state index in [0.29, 0.717) is 11.0 Å². The Balaban J connectivity index is 2.03. The molecule has 4 heteroatoms. The number of hydrogen-bond acceptors (Lipinski definition) is 3. The van der Waals surface area contributed by atoms with Crippen molar-refractivity contribution in [1.29, 1.82) is 0 Å². The summed E-state index contributed by atoms with van der Waals surface area (Å²) in [5, 5.41) is 3.63. The Morgan fingerprint density at radius 3 is 2.61 bits per heavy atom. The van der Waals surface area contributed by atoms with Crippen LogP contribution < -0.4 is 11.1 Å². The molecule has 1 heterocycles. The number of likely N-dealkylation sites (tertiary alicyclic amines) is 1. The lowest BCUT2D eigenvalue weighted by atomic mass is 10.0. The molecule has 0 bridgehead atoms. The monoisotopic (exact) mass is 263 g/mol. The Labute approximate surface area is 114 Å². The van der Waals surface area contributed by atoms with Crippen molar-refractivity contribution in [2.24, 2.45) is 5.73 Å². The van der Waals surface area contributed by atoms with Crippen LogP contribution in [0.25, 0.3) is 0 Å². The first-order chi connectivity index (χ1) is 8.56. The average molecular weight is 263 g/mol. The molecule has 3 N–H and O–H groups in total. The van der Waals surface area contributed by atoms with E-state index >= 15 is 0 Å². The Bertz CT molecular complexity index is 437. The number of nitrogens with one attached hydrogen (secondary N) is 1. The number of nitrogens with two attached hydrogens (primary N) is 1. The smallest absolute Gasteiger partial charge is 0.103 e. The fourth-order valence-corrected chi connectivity index (χ4v) is 2.48. The maximum Gasteiger partial charge on any atom is 0.103 e. The van der Waals surface area contributed by atoms with E-state index < -0.39 is 0 Å². The summed E-state index contributed by atoms with van der Waals surface area (Å²) < 4.78 is 0. The lowest BCUT2D eigenvalue weighted by Crippen LogP contribution is -2.36. The maximum atomic E-state index is 5.64. The third kappa shape index (κ3) is 3.21. The molecule has 2 rings (SSSR count). The highest BCUT2D eigenvalue weighted by Crippen LogP contribution is 2.20. The molecule has 98 valence electrons. The molecule has 0 aliphatic carbocycles. The van der Waals surface area contributed by atoms with Gasteiger partial charge in [0.1, 0.15) is 4.99 Å². The molecule has 0 unspecified atom stereocenters. The highest BCUT2D eigenvalue weighted by Gasteiger charge is 2.16. The number of anilines is 1. The van der Waals surface area contributed by atoms with Crippen LogP contribution in [0, 0.1) is 6.92 Å². The lowest BCUT2D eigenvalue weighted by molar-refractivity contribution is 0.264. The average Bonchev–Trinajstić information content (AvgIpc) is 2.34. The van der Waals surface area contributed by atoms with Crippen molar-refractivity contribution in [3.63, 3.8) is 0 Å². The number of hydrogen-bond donors (Lipinski definition) is 2. The molecule has 0 aromatic heterocycles. The fourth-order valence-electron chi connectivity index (χ4n) is 2.35. The van der Waals surface area contributed by atoms with Crippen molar-refractivity contribution in [2.45, 2.75) is 25.8 Å². The second kappa shape index (κ2) is 5.67. The Morgan fingerprint density at radius 2 is 2.06 bits per heavy atom. The van der Waals surface area contributed by atoms with E-state index in [1.165, 1.54) is 37.2 Å². The molecule has 1 aromatic rings. The molecule has 1 saturated heterocycles. The van der Waals surface area contributed by atoms with Crippen molar-refractivity contribution < 1.29 is 0 Å². The first-order valence-electron chi connectivity index (χ1n) is 6.42. The van der Waals surface area contributed by atoms with Crippen LogP contribution in [0.4, 0.5) is 5.69 Å². The number of rotatable bonds is 3. The van der Waals surface area contributed by atoms with Gasteiger partial charge in [-0.1, -0.05) is 12.2 Å². The quantitative estimate of drug-likeness (QED) is 0.820. The third-order valence-electron chi connectivity index (χ3n) is 3.59. The first kappa shape index (κ1) is 13.3. The van der Waals surface area contributed by atoms with E-state index in [2.05, 4.69) is 36.3 Å². The molecule has 1 aliphatic rings. The Morgan fingerprint density at radius 1 is 1.39 bits per heavy atom. The van der Waals surface area contributed by atoms with E-state index in [-0.39, 0.29) is 0 Å². The van der Waals surface area contributed by atoms with Gasteiger partial charge in [-0.3, -0.25) is 0 Å². The van der Waals surface area contributed by atoms with Crippen LogP contribution in [0.1, 0.15) is 24.0 Å². The van der Waals surface area contributed by atoms with Crippen LogP contribution in [0.5, 0.6) is 0 Å². The summed E-state index contributed by atoms with van der Waals surface area (Å²) in [4.78, 5) is 2.84. The van der Waals surface area contributed by atoms with Crippen LogP contribution in [0.2, 0.25) is 0 Å². The van der Waals surface area contributed by atoms with E-state index in [1.54, 1.807) is 0 Å². The van der Waals surface area contributed by atoms with Gasteiger partial charge < -0.3 is 16.0 Å². The molecule has 0 atom stereocenters. The van der Waals surface area contributed by atoms with E-state index in [9.17, 15) is 0 Å². The summed E-state index contributed by atoms with van der Waals surface area (Å²) in [6, 6.07) is 6.71. The second-order valence-corrected chi connectivity index (χ2v) is 5.56. The summed E-state index contributed by atoms with van der Waals surface area (Å²) in [7, 11) is 2.18. The first-order valence-corrected chi connectivity index (χ1v) is 6.82. The van der Waals surface area contributed by atoms with Gasteiger partial charge in [0.05, 0.1) is 0 Å². The topological polar surface area (TPSA) is 41.3 Å². The van der Waals surface area contributed by atoms with Gasteiger partial charge in [-0.15, -0.1) is 0 Å². The Hall–Kier alpha value is -1.13. The fraction of sp³-hybridized carbons (Fsp3) is 0.500. The largest absolute Gasteiger partial charge is 0.389 e. The van der Waals surface area contributed by atoms with Crippen molar-refractivity contribution in [3.8, 4) is 0 Å². The normalized spacial score (nSPS) is 17.7. The molecule has 0 spiro atoms. The van der Waals surface area contributed by atoms with Crippen LogP contribution in [0.15, 0.2) is 18.2 Å². The summed E-state index contributed by atoms with van der Waals surface area (Å²) in [6.45, 7) is 4.43. The van der Waals surface area contributed by atoms with Crippen LogP contribution in [-0.4, -0.2) is 36.1 Å². The van der Waals surface area contributed by atoms with Gasteiger partial charge in [0.25, 0.3) is 0 Å². The SMILES string of the molecule is Cc1cc(C(N)=S)ccc1NC1CCN(C)CC1. The zero-order valence-corrected chi connectivity index (χ0v) is 11.9. The lowest BCUT2D eigenvalue weighted by Gasteiger charge is -2.30. The molecule has 1 aromatic carbocycles. The van der Waals surface area contributed by atoms with Gasteiger partial charge in [0.2, 0.25) is 0 Å². The Kier molecular flexibility index (Phi) is 4.19. The number of aryl methyl sites for hydroxylation is 1. The van der Waals surface area contributed by atoms with Gasteiger partial charge in [0.15, 0.2) is 0 Å². The van der Waals surface area contributed by atoms with Gasteiger partial charge in [0, 0.05) is 17.3 Å². The predicted octanol–water partition coefficient (Wildman–Crippen LogP) is 2.14. The zero-order valence-electron chi connectivity index (χ0n) is 11.1. The molecule has 1 aliphatic heterocycles. The highest BCUT2D eigenvalue weighted by molar-refractivity contribution is 7.80. The summed E-state index contributed by atoms with van der Waals surface area (Å²) in [5.41, 5.74) is 8.99. The van der Waals surface area contributed by atoms with Crippen molar-refractivity contribution >= 4 is 22.9 Å². The second-order valence-electron chi connectivity index (χ2n) is 5.12. The maximum absolute atomic E-state index is 5.64. The van der Waals surface area contributed by atoms with Crippen LogP contribution >= 0.6 is 12.2 Å². The number of benzene rings is 1. The minimum atomic E-state index is 0.462. The third-order valence-corrected chi connectivity index (χ3v) is 3.82.